The smallest absolute Gasteiger partial charge is 0.340 e. The Labute approximate surface area is 316 Å². The molecule has 2 saturated carbocycles. The number of carbonyl (C=O) groups is 3. The maximum absolute atomic E-state index is 14.7. The molecule has 0 bridgehead atoms. The molecule has 3 saturated heterocycles. The van der Waals surface area contributed by atoms with Gasteiger partial charge < -0.3 is 29.8 Å². The van der Waals surface area contributed by atoms with Gasteiger partial charge in [0.15, 0.2) is 0 Å². The molecule has 5 aliphatic rings. The third-order valence-electron chi connectivity index (χ3n) is 12.9. The van der Waals surface area contributed by atoms with Crippen LogP contribution in [0.2, 0.25) is 0 Å². The first-order valence-corrected chi connectivity index (χ1v) is 21.4. The maximum atomic E-state index is 14.7. The summed E-state index contributed by atoms with van der Waals surface area (Å²) in [5, 5.41) is 3.39. The van der Waals surface area contributed by atoms with E-state index < -0.39 is 43.8 Å². The molecule has 3 N–H and O–H groups in total. The van der Waals surface area contributed by atoms with Crippen molar-refractivity contribution in [3.63, 3.8) is 0 Å². The van der Waals surface area contributed by atoms with Crippen molar-refractivity contribution >= 4 is 46.7 Å². The summed E-state index contributed by atoms with van der Waals surface area (Å²) < 4.78 is 53.5. The molecule has 290 valence electrons. The van der Waals surface area contributed by atoms with Crippen molar-refractivity contribution in [3.05, 3.63) is 70.6 Å². The molecule has 5 fully saturated rings. The number of nitrogens with zero attached hydrogens (tertiary/aromatic N) is 3. The number of amides is 3. The van der Waals surface area contributed by atoms with Crippen molar-refractivity contribution in [2.24, 2.45) is 5.92 Å². The number of rotatable bonds is 9. The van der Waals surface area contributed by atoms with Gasteiger partial charge in [-0.05, 0) is 106 Å². The molecule has 10 nitrogen and oxygen atoms in total. The van der Waals surface area contributed by atoms with Crippen LogP contribution in [-0.2, 0) is 14.2 Å². The highest BCUT2D eigenvalue weighted by molar-refractivity contribution is 7.51. The van der Waals surface area contributed by atoms with E-state index in [2.05, 4.69) is 22.3 Å². The van der Waals surface area contributed by atoms with E-state index in [0.717, 1.165) is 30.6 Å². The lowest BCUT2D eigenvalue weighted by molar-refractivity contribution is -0.148. The van der Waals surface area contributed by atoms with E-state index >= 15 is 0 Å². The van der Waals surface area contributed by atoms with Crippen LogP contribution in [0.25, 0.3) is 10.1 Å². The zero-order chi connectivity index (χ0) is 38.1. The molecule has 3 aromatic rings. The minimum atomic E-state index is -5.03. The summed E-state index contributed by atoms with van der Waals surface area (Å²) in [5.41, 5.74) is 0.806. The van der Waals surface area contributed by atoms with Gasteiger partial charge in [0, 0.05) is 46.7 Å². The first-order chi connectivity index (χ1) is 25.7. The lowest BCUT2D eigenvalue weighted by Crippen LogP contribution is -2.59. The van der Waals surface area contributed by atoms with E-state index in [4.69, 9.17) is 0 Å². The molecule has 3 amide bonds. The number of thiophene rings is 1. The second-order valence-electron chi connectivity index (χ2n) is 16.2. The highest BCUT2D eigenvalue weighted by atomic mass is 32.1. The van der Waals surface area contributed by atoms with Gasteiger partial charge in [-0.25, -0.2) is 13.2 Å². The number of nitrogens with one attached hydrogen (secondary N) is 1. The lowest BCUT2D eigenvalue weighted by atomic mass is 9.78. The van der Waals surface area contributed by atoms with Crippen molar-refractivity contribution in [1.29, 1.82) is 0 Å². The first-order valence-electron chi connectivity index (χ1n) is 18.9. The molecule has 8 rings (SSSR count). The lowest BCUT2D eigenvalue weighted by Gasteiger charge is -2.47. The molecular weight excluding hydrogens is 740 g/mol. The zero-order valence-electron chi connectivity index (χ0n) is 30.0. The van der Waals surface area contributed by atoms with Crippen LogP contribution >= 0.6 is 18.9 Å². The molecule has 6 atom stereocenters. The number of halogens is 3. The number of benzene rings is 2. The molecule has 1 aromatic heterocycles. The summed E-state index contributed by atoms with van der Waals surface area (Å²) in [6, 6.07) is 13.9. The van der Waals surface area contributed by atoms with Crippen molar-refractivity contribution in [1.82, 2.24) is 20.0 Å². The van der Waals surface area contributed by atoms with Gasteiger partial charge >= 0.3 is 7.60 Å². The quantitative estimate of drug-likeness (QED) is 0.209. The van der Waals surface area contributed by atoms with E-state index in [-0.39, 0.29) is 51.8 Å². The molecule has 1 unspecified atom stereocenters. The number of hydrogen-bond donors (Lipinski definition) is 3. The fraction of sp³-hybridized carbons (Fsp3) is 0.564. The fourth-order valence-corrected chi connectivity index (χ4v) is 11.1. The zero-order valence-corrected chi connectivity index (χ0v) is 31.7. The largest absolute Gasteiger partial charge is 0.363 e. The van der Waals surface area contributed by atoms with Crippen LogP contribution < -0.4 is 5.32 Å². The van der Waals surface area contributed by atoms with Crippen molar-refractivity contribution < 1.29 is 41.9 Å². The van der Waals surface area contributed by atoms with E-state index in [1.165, 1.54) is 29.8 Å². The number of alkyl halides is 3. The van der Waals surface area contributed by atoms with E-state index in [0.29, 0.717) is 61.6 Å². The molecule has 15 heteroatoms. The van der Waals surface area contributed by atoms with Crippen LogP contribution in [0.15, 0.2) is 54.6 Å². The van der Waals surface area contributed by atoms with Crippen LogP contribution in [-0.4, -0.2) is 98.0 Å². The standard InChI is InChI=1S/C39H46F3N4O6PS/c1-44(29-16-25(17-29)34(40)41)27-8-10-30(43-36(47)33-18-24-15-23(7-12-32(24)54-33)35(42)53(50,51)52)37(48)46-28(19-27)9-11-31(46)38(49)45-21-26(20-39(45)13-14-39)22-5-3-2-4-6-22/h2-7,12,15,18,25-31,34-35H,8-11,13-14,16-17,19-21H2,1H3,(H,43,47)(H2,50,51,52)/t25?,26-,27+,28-,29?,30?,31+,35-/m1/s1. The minimum Gasteiger partial charge on any atom is -0.340 e. The summed E-state index contributed by atoms with van der Waals surface area (Å²) in [6.45, 7) is 0.593. The molecule has 4 heterocycles. The number of hydrogen-bond acceptors (Lipinski definition) is 6. The van der Waals surface area contributed by atoms with Crippen LogP contribution in [0.3, 0.4) is 0 Å². The van der Waals surface area contributed by atoms with Gasteiger partial charge in [0.1, 0.15) is 12.1 Å². The summed E-state index contributed by atoms with van der Waals surface area (Å²) in [7, 11) is -3.07. The summed E-state index contributed by atoms with van der Waals surface area (Å²) >= 11 is 1.12. The normalized spacial score (nSPS) is 30.0. The number of likely N-dealkylation sites (tertiary alicyclic amines) is 1. The van der Waals surface area contributed by atoms with Crippen molar-refractivity contribution in [2.75, 3.05) is 13.6 Å². The second-order valence-corrected chi connectivity index (χ2v) is 18.9. The Bertz CT molecular complexity index is 1970. The van der Waals surface area contributed by atoms with Gasteiger partial charge in [0.25, 0.3) is 5.91 Å². The third kappa shape index (κ3) is 7.02. The average Bonchev–Trinajstić information content (AvgIpc) is 3.42. The van der Waals surface area contributed by atoms with Crippen LogP contribution in [0.4, 0.5) is 13.2 Å². The second kappa shape index (κ2) is 14.3. The molecular formula is C39H46F3N4O6PS. The molecule has 3 aliphatic heterocycles. The first kappa shape index (κ1) is 37.6. The van der Waals surface area contributed by atoms with E-state index in [1.54, 1.807) is 4.90 Å². The predicted molar refractivity (Wildman–Crippen MR) is 198 cm³/mol. The van der Waals surface area contributed by atoms with Crippen molar-refractivity contribution in [3.8, 4) is 0 Å². The Morgan fingerprint density at radius 2 is 1.72 bits per heavy atom. The monoisotopic (exact) mass is 786 g/mol. The van der Waals surface area contributed by atoms with Crippen LogP contribution in [0.5, 0.6) is 0 Å². The van der Waals surface area contributed by atoms with Crippen LogP contribution in [0, 0.1) is 5.92 Å². The Kier molecular flexibility index (Phi) is 9.99. The highest BCUT2D eigenvalue weighted by Crippen LogP contribution is 2.55. The molecule has 54 heavy (non-hydrogen) atoms. The Morgan fingerprint density at radius 3 is 2.41 bits per heavy atom. The fourth-order valence-electron chi connectivity index (χ4n) is 9.62. The maximum Gasteiger partial charge on any atom is 0.363 e. The molecule has 0 radical (unpaired) electrons. The molecule has 2 aromatic carbocycles. The number of fused-ring (bicyclic) bond motifs is 2. The predicted octanol–water partition coefficient (Wildman–Crippen LogP) is 6.58. The average molecular weight is 787 g/mol. The summed E-state index contributed by atoms with van der Waals surface area (Å²) in [4.78, 5) is 68.0. The Morgan fingerprint density at radius 1 is 0.981 bits per heavy atom. The minimum absolute atomic E-state index is 0.00312. The van der Waals surface area contributed by atoms with Gasteiger partial charge in [0.2, 0.25) is 24.2 Å². The van der Waals surface area contributed by atoms with E-state index in [1.807, 2.05) is 30.1 Å². The van der Waals surface area contributed by atoms with Gasteiger partial charge in [-0.15, -0.1) is 11.3 Å². The van der Waals surface area contributed by atoms with Gasteiger partial charge in [0.05, 0.1) is 4.88 Å². The van der Waals surface area contributed by atoms with Gasteiger partial charge in [-0.1, -0.05) is 36.4 Å². The summed E-state index contributed by atoms with van der Waals surface area (Å²) in [6.07, 6.45) is 3.81. The summed E-state index contributed by atoms with van der Waals surface area (Å²) in [5.74, 6) is -3.77. The topological polar surface area (TPSA) is 130 Å². The van der Waals surface area contributed by atoms with Gasteiger partial charge in [-0.2, -0.15) is 0 Å². The Balaban J connectivity index is 1.05. The van der Waals surface area contributed by atoms with E-state index in [9.17, 15) is 41.9 Å². The van der Waals surface area contributed by atoms with Crippen LogP contribution in [0.1, 0.15) is 96.8 Å². The van der Waals surface area contributed by atoms with Crippen molar-refractivity contribution in [2.45, 2.75) is 118 Å². The van der Waals surface area contributed by atoms with Gasteiger partial charge in [-0.3, -0.25) is 18.9 Å². The highest BCUT2D eigenvalue weighted by Gasteiger charge is 2.58. The SMILES string of the molecule is CN(C1CC(C(F)F)C1)[C@H]1CCC(NC(=O)c2cc3cc([C@H](F)P(=O)(O)O)ccc3s2)C(=O)N2[C@H](CC[C@H]2C(=O)N2C[C@H](c3ccccc3)CC23CC3)C1. The Hall–Kier alpha value is -3.29. The molecule has 2 aliphatic carbocycles. The third-order valence-corrected chi connectivity index (χ3v) is 14.9. The molecule has 1 spiro atoms. The number of carbonyl (C=O) groups excluding carboxylic acids is 3.